The van der Waals surface area contributed by atoms with Gasteiger partial charge in [0.1, 0.15) is 12.6 Å². The number of unbranched alkanes of at least 4 members (excludes halogenated alkanes) is 16. The molecule has 0 spiro atoms. The van der Waals surface area contributed by atoms with E-state index in [-0.39, 0.29) is 42.7 Å². The van der Waals surface area contributed by atoms with Gasteiger partial charge in [-0.15, -0.1) is 0 Å². The van der Waals surface area contributed by atoms with Crippen LogP contribution in [0.1, 0.15) is 155 Å². The van der Waals surface area contributed by atoms with Crippen molar-refractivity contribution in [2.75, 3.05) is 41.0 Å². The molecule has 0 N–H and O–H groups in total. The summed E-state index contributed by atoms with van der Waals surface area (Å²) in [5.41, 5.74) is 0. The van der Waals surface area contributed by atoms with E-state index in [0.717, 1.165) is 51.4 Å². The van der Waals surface area contributed by atoms with E-state index in [1.165, 1.54) is 70.6 Å². The van der Waals surface area contributed by atoms with E-state index in [1.54, 1.807) is 21.1 Å². The van der Waals surface area contributed by atoms with Crippen LogP contribution in [0, 0.1) is 0 Å². The SMILES string of the molecule is CCCC/C=C/CCCCCCCC(=O)OC(COCCC(C(=O)[O-])[N+](C)(C)C)COC(=O)CCCCCCCCCCCC. The van der Waals surface area contributed by atoms with Crippen molar-refractivity contribution in [1.82, 2.24) is 0 Å². The van der Waals surface area contributed by atoms with Crippen LogP contribution < -0.4 is 5.11 Å². The minimum absolute atomic E-state index is 0.0416. The van der Waals surface area contributed by atoms with Gasteiger partial charge in [0.15, 0.2) is 6.10 Å². The fourth-order valence-corrected chi connectivity index (χ4v) is 5.23. The molecule has 2 atom stereocenters. The second-order valence-electron chi connectivity index (χ2n) is 13.5. The first-order valence-corrected chi connectivity index (χ1v) is 18.2. The van der Waals surface area contributed by atoms with E-state index in [4.69, 9.17) is 14.2 Å². The third kappa shape index (κ3) is 28.1. The van der Waals surface area contributed by atoms with Crippen molar-refractivity contribution in [3.63, 3.8) is 0 Å². The number of allylic oxidation sites excluding steroid dienone is 2. The number of quaternary nitrogens is 1. The highest BCUT2D eigenvalue weighted by Crippen LogP contribution is 2.13. The van der Waals surface area contributed by atoms with Gasteiger partial charge in [-0.25, -0.2) is 0 Å². The highest BCUT2D eigenvalue weighted by molar-refractivity contribution is 5.70. The van der Waals surface area contributed by atoms with Crippen LogP contribution in [0.25, 0.3) is 0 Å². The average Bonchev–Trinajstić information content (AvgIpc) is 2.98. The van der Waals surface area contributed by atoms with Crippen LogP contribution in [-0.2, 0) is 28.6 Å². The first-order valence-electron chi connectivity index (χ1n) is 18.2. The zero-order valence-electron chi connectivity index (χ0n) is 29.8. The molecule has 0 aromatic heterocycles. The van der Waals surface area contributed by atoms with Crippen LogP contribution in [0.4, 0.5) is 0 Å². The van der Waals surface area contributed by atoms with Crippen LogP contribution in [-0.4, -0.2) is 75.5 Å². The summed E-state index contributed by atoms with van der Waals surface area (Å²) < 4.78 is 17.0. The Balaban J connectivity index is 4.46. The van der Waals surface area contributed by atoms with E-state index in [9.17, 15) is 19.5 Å². The zero-order valence-corrected chi connectivity index (χ0v) is 29.8. The number of carbonyl (C=O) groups is 3. The lowest BCUT2D eigenvalue weighted by Crippen LogP contribution is -2.55. The molecule has 0 amide bonds. The third-order valence-corrected chi connectivity index (χ3v) is 8.15. The topological polar surface area (TPSA) is 102 Å². The number of nitrogens with zero attached hydrogens (tertiary/aromatic N) is 1. The smallest absolute Gasteiger partial charge is 0.306 e. The van der Waals surface area contributed by atoms with Gasteiger partial charge in [-0.3, -0.25) is 9.59 Å². The molecule has 0 aliphatic rings. The molecule has 0 saturated heterocycles. The van der Waals surface area contributed by atoms with Crippen LogP contribution >= 0.6 is 0 Å². The van der Waals surface area contributed by atoms with Crippen molar-refractivity contribution in [2.45, 2.75) is 167 Å². The quantitative estimate of drug-likeness (QED) is 0.0326. The van der Waals surface area contributed by atoms with Gasteiger partial charge in [-0.2, -0.15) is 0 Å². The number of esters is 2. The van der Waals surface area contributed by atoms with Crippen LogP contribution in [0.2, 0.25) is 0 Å². The highest BCUT2D eigenvalue weighted by atomic mass is 16.6. The maximum absolute atomic E-state index is 12.6. The fourth-order valence-electron chi connectivity index (χ4n) is 5.23. The lowest BCUT2D eigenvalue weighted by atomic mass is 10.1. The molecule has 8 nitrogen and oxygen atoms in total. The zero-order chi connectivity index (χ0) is 33.6. The third-order valence-electron chi connectivity index (χ3n) is 8.15. The Kier molecular flexibility index (Phi) is 28.2. The molecule has 0 fully saturated rings. The number of hydrogen-bond acceptors (Lipinski definition) is 7. The molecule has 0 aliphatic heterocycles. The lowest BCUT2D eigenvalue weighted by molar-refractivity contribution is -0.889. The first kappa shape index (κ1) is 43.1. The van der Waals surface area contributed by atoms with Gasteiger partial charge in [-0.05, 0) is 32.1 Å². The Morgan fingerprint density at radius 3 is 1.67 bits per heavy atom. The summed E-state index contributed by atoms with van der Waals surface area (Å²) in [5.74, 6) is -1.75. The molecule has 0 aromatic carbocycles. The first-order chi connectivity index (χ1) is 21.6. The molecule has 0 aromatic rings. The van der Waals surface area contributed by atoms with E-state index in [1.807, 2.05) is 0 Å². The number of carboxylic acids is 1. The summed E-state index contributed by atoms with van der Waals surface area (Å²) in [7, 11) is 5.39. The minimum Gasteiger partial charge on any atom is -0.544 e. The summed E-state index contributed by atoms with van der Waals surface area (Å²) >= 11 is 0. The fraction of sp³-hybridized carbons (Fsp3) is 0.865. The summed E-state index contributed by atoms with van der Waals surface area (Å²) in [6.45, 7) is 4.59. The molecule has 0 rings (SSSR count). The highest BCUT2D eigenvalue weighted by Gasteiger charge is 2.25. The number of carbonyl (C=O) groups excluding carboxylic acids is 3. The van der Waals surface area contributed by atoms with Gasteiger partial charge in [-0.1, -0.05) is 116 Å². The van der Waals surface area contributed by atoms with Crippen molar-refractivity contribution in [3.05, 3.63) is 12.2 Å². The maximum atomic E-state index is 12.6. The van der Waals surface area contributed by atoms with Gasteiger partial charge in [0.05, 0.1) is 40.3 Å². The Hall–Kier alpha value is -1.93. The number of aliphatic carboxylic acids is 1. The Morgan fingerprint density at radius 1 is 0.644 bits per heavy atom. The largest absolute Gasteiger partial charge is 0.544 e. The van der Waals surface area contributed by atoms with Crippen molar-refractivity contribution in [1.29, 1.82) is 0 Å². The molecule has 0 aliphatic carbocycles. The molecule has 8 heteroatoms. The second kappa shape index (κ2) is 29.5. The molecular formula is C37H69NO7. The Morgan fingerprint density at radius 2 is 1.13 bits per heavy atom. The van der Waals surface area contributed by atoms with Crippen LogP contribution in [0.15, 0.2) is 12.2 Å². The predicted molar refractivity (Wildman–Crippen MR) is 181 cm³/mol. The van der Waals surface area contributed by atoms with Crippen molar-refractivity contribution >= 4 is 17.9 Å². The molecule has 0 heterocycles. The van der Waals surface area contributed by atoms with Gasteiger partial charge >= 0.3 is 11.9 Å². The van der Waals surface area contributed by atoms with Gasteiger partial charge in [0, 0.05) is 19.3 Å². The number of ether oxygens (including phenoxy) is 3. The lowest BCUT2D eigenvalue weighted by Gasteiger charge is -2.34. The summed E-state index contributed by atoms with van der Waals surface area (Å²) in [5, 5.41) is 11.5. The van der Waals surface area contributed by atoms with E-state index in [0.29, 0.717) is 12.8 Å². The molecule has 0 bridgehead atoms. The van der Waals surface area contributed by atoms with Gasteiger partial charge in [0.25, 0.3) is 0 Å². The summed E-state index contributed by atoms with van der Waals surface area (Å²) in [6, 6.07) is -0.720. The Labute approximate surface area is 276 Å². The predicted octanol–water partition coefficient (Wildman–Crippen LogP) is 7.46. The van der Waals surface area contributed by atoms with Gasteiger partial charge < -0.3 is 28.6 Å². The molecule has 0 saturated carbocycles. The minimum atomic E-state index is -1.13. The second-order valence-corrected chi connectivity index (χ2v) is 13.5. The van der Waals surface area contributed by atoms with Crippen molar-refractivity contribution < 1.29 is 38.2 Å². The number of rotatable bonds is 32. The molecule has 2 unspecified atom stereocenters. The van der Waals surface area contributed by atoms with Crippen molar-refractivity contribution in [2.24, 2.45) is 0 Å². The maximum Gasteiger partial charge on any atom is 0.306 e. The van der Waals surface area contributed by atoms with Crippen LogP contribution in [0.3, 0.4) is 0 Å². The Bertz CT molecular complexity index is 762. The number of carboxylic acid groups (broad SMARTS) is 1. The van der Waals surface area contributed by atoms with Gasteiger partial charge in [0.2, 0.25) is 0 Å². The average molecular weight is 640 g/mol. The number of likely N-dealkylation sites (N-methyl/N-ethyl adjacent to an activating group) is 1. The summed E-state index contributed by atoms with van der Waals surface area (Å²) in [6.07, 6.45) is 26.6. The molecule has 45 heavy (non-hydrogen) atoms. The van der Waals surface area contributed by atoms with Crippen molar-refractivity contribution in [3.8, 4) is 0 Å². The van der Waals surface area contributed by atoms with E-state index in [2.05, 4.69) is 26.0 Å². The summed E-state index contributed by atoms with van der Waals surface area (Å²) in [4.78, 5) is 36.5. The number of hydrogen-bond donors (Lipinski definition) is 0. The molecule has 0 radical (unpaired) electrons. The standard InChI is InChI=1S/C37H69NO7/c1-6-8-10-12-14-16-18-20-22-24-26-28-36(40)45-33(31-43-30-29-34(37(41)42)38(3,4)5)32-44-35(39)27-25-23-21-19-17-15-13-11-9-7-2/h12,14,33-34H,6-11,13,15-32H2,1-5H3/b14-12+. The van der Waals surface area contributed by atoms with E-state index >= 15 is 0 Å². The molecule has 264 valence electrons. The molecular weight excluding hydrogens is 570 g/mol. The van der Waals surface area contributed by atoms with Crippen LogP contribution in [0.5, 0.6) is 0 Å². The normalized spacial score (nSPS) is 13.2. The monoisotopic (exact) mass is 640 g/mol. The van der Waals surface area contributed by atoms with E-state index < -0.39 is 18.1 Å².